The van der Waals surface area contributed by atoms with Gasteiger partial charge in [-0.1, -0.05) is 0 Å². The number of benzene rings is 1. The minimum Gasteiger partial charge on any atom is -0.497 e. The second-order valence-corrected chi connectivity index (χ2v) is 3.56. The van der Waals surface area contributed by atoms with Crippen molar-refractivity contribution in [2.75, 3.05) is 13.7 Å². The second kappa shape index (κ2) is 7.16. The SMILES string of the molecule is COc1ccc(OCCCC(=O)N=C(N)N)cc1. The van der Waals surface area contributed by atoms with Crippen LogP contribution in [0.1, 0.15) is 12.8 Å². The average molecular weight is 251 g/mol. The molecule has 0 radical (unpaired) electrons. The minimum absolute atomic E-state index is 0.212. The topological polar surface area (TPSA) is 99.9 Å². The summed E-state index contributed by atoms with van der Waals surface area (Å²) in [6, 6.07) is 7.22. The molecule has 0 saturated heterocycles. The van der Waals surface area contributed by atoms with Gasteiger partial charge in [-0.05, 0) is 30.7 Å². The van der Waals surface area contributed by atoms with Gasteiger partial charge in [-0.15, -0.1) is 0 Å². The highest BCUT2D eigenvalue weighted by Crippen LogP contribution is 2.17. The molecular formula is C12H17N3O3. The first-order chi connectivity index (χ1) is 8.61. The highest BCUT2D eigenvalue weighted by Gasteiger charge is 2.00. The van der Waals surface area contributed by atoms with Crippen LogP contribution in [0.25, 0.3) is 0 Å². The van der Waals surface area contributed by atoms with Gasteiger partial charge < -0.3 is 20.9 Å². The molecule has 0 spiro atoms. The molecule has 0 aliphatic rings. The molecule has 98 valence electrons. The monoisotopic (exact) mass is 251 g/mol. The predicted octanol–water partition coefficient (Wildman–Crippen LogP) is 0.654. The van der Waals surface area contributed by atoms with Crippen molar-refractivity contribution >= 4 is 11.9 Å². The van der Waals surface area contributed by atoms with Gasteiger partial charge in [0.2, 0.25) is 5.91 Å². The number of carbonyl (C=O) groups is 1. The summed E-state index contributed by atoms with van der Waals surface area (Å²) in [5.74, 6) is 0.944. The summed E-state index contributed by atoms with van der Waals surface area (Å²) in [5.41, 5.74) is 10.2. The van der Waals surface area contributed by atoms with E-state index in [1.54, 1.807) is 31.4 Å². The molecule has 0 aromatic heterocycles. The molecule has 6 heteroatoms. The van der Waals surface area contributed by atoms with E-state index in [0.717, 1.165) is 11.5 Å². The van der Waals surface area contributed by atoms with Gasteiger partial charge in [0.15, 0.2) is 5.96 Å². The van der Waals surface area contributed by atoms with Crippen molar-refractivity contribution < 1.29 is 14.3 Å². The van der Waals surface area contributed by atoms with Gasteiger partial charge in [-0.2, -0.15) is 4.99 Å². The molecule has 0 fully saturated rings. The maximum absolute atomic E-state index is 11.1. The van der Waals surface area contributed by atoms with Gasteiger partial charge in [0.05, 0.1) is 13.7 Å². The van der Waals surface area contributed by atoms with Gasteiger partial charge in [0, 0.05) is 6.42 Å². The number of nitrogens with two attached hydrogens (primary N) is 2. The molecule has 0 bridgehead atoms. The first-order valence-electron chi connectivity index (χ1n) is 5.51. The van der Waals surface area contributed by atoms with Crippen LogP contribution in [0.5, 0.6) is 11.5 Å². The Bertz CT molecular complexity index is 411. The van der Waals surface area contributed by atoms with Gasteiger partial charge in [-0.25, -0.2) is 0 Å². The molecular weight excluding hydrogens is 234 g/mol. The standard InChI is InChI=1S/C12H17N3O3/c1-17-9-4-6-10(7-5-9)18-8-2-3-11(16)15-12(13)14/h4-7H,2-3,8H2,1H3,(H4,13,14,15,16). The summed E-state index contributed by atoms with van der Waals surface area (Å²) in [7, 11) is 1.60. The number of methoxy groups -OCH3 is 1. The summed E-state index contributed by atoms with van der Waals surface area (Å²) in [4.78, 5) is 14.5. The third-order valence-electron chi connectivity index (χ3n) is 2.12. The summed E-state index contributed by atoms with van der Waals surface area (Å²) in [6.07, 6.45) is 0.815. The normalized spacial score (nSPS) is 9.61. The molecule has 0 unspecified atom stereocenters. The summed E-state index contributed by atoms with van der Waals surface area (Å²) < 4.78 is 10.5. The molecule has 0 aliphatic carbocycles. The van der Waals surface area contributed by atoms with Crippen molar-refractivity contribution in [3.8, 4) is 11.5 Å². The highest BCUT2D eigenvalue weighted by atomic mass is 16.5. The number of ether oxygens (including phenoxy) is 2. The van der Waals surface area contributed by atoms with E-state index in [2.05, 4.69) is 4.99 Å². The fourth-order valence-corrected chi connectivity index (χ4v) is 1.29. The van der Waals surface area contributed by atoms with E-state index in [0.29, 0.717) is 13.0 Å². The smallest absolute Gasteiger partial charge is 0.248 e. The van der Waals surface area contributed by atoms with Crippen molar-refractivity contribution in [1.82, 2.24) is 0 Å². The molecule has 1 rings (SSSR count). The number of guanidine groups is 1. The van der Waals surface area contributed by atoms with E-state index < -0.39 is 0 Å². The molecule has 6 nitrogen and oxygen atoms in total. The van der Waals surface area contributed by atoms with Crippen LogP contribution in [0.2, 0.25) is 0 Å². The van der Waals surface area contributed by atoms with E-state index in [9.17, 15) is 4.79 Å². The number of hydrogen-bond donors (Lipinski definition) is 2. The molecule has 0 heterocycles. The Morgan fingerprint density at radius 2 is 1.83 bits per heavy atom. The number of amides is 1. The lowest BCUT2D eigenvalue weighted by atomic mass is 10.3. The summed E-state index contributed by atoms with van der Waals surface area (Å²) >= 11 is 0. The molecule has 0 atom stereocenters. The van der Waals surface area contributed by atoms with Crippen molar-refractivity contribution in [2.24, 2.45) is 16.5 Å². The number of carbonyl (C=O) groups excluding carboxylic acids is 1. The fourth-order valence-electron chi connectivity index (χ4n) is 1.29. The molecule has 4 N–H and O–H groups in total. The Hall–Kier alpha value is -2.24. The van der Waals surface area contributed by atoms with Crippen LogP contribution < -0.4 is 20.9 Å². The lowest BCUT2D eigenvalue weighted by molar-refractivity contribution is -0.118. The number of hydrogen-bond acceptors (Lipinski definition) is 3. The average Bonchev–Trinajstić information content (AvgIpc) is 2.34. The fraction of sp³-hybridized carbons (Fsp3) is 0.333. The van der Waals surface area contributed by atoms with Crippen LogP contribution >= 0.6 is 0 Å². The van der Waals surface area contributed by atoms with Gasteiger partial charge in [-0.3, -0.25) is 4.79 Å². The Labute approximate surface area is 106 Å². The molecule has 1 aromatic carbocycles. The van der Waals surface area contributed by atoms with E-state index in [-0.39, 0.29) is 18.3 Å². The van der Waals surface area contributed by atoms with Crippen LogP contribution in [0.3, 0.4) is 0 Å². The zero-order valence-electron chi connectivity index (χ0n) is 10.3. The Morgan fingerprint density at radius 1 is 1.22 bits per heavy atom. The van der Waals surface area contributed by atoms with Crippen molar-refractivity contribution in [3.63, 3.8) is 0 Å². The highest BCUT2D eigenvalue weighted by molar-refractivity contribution is 5.91. The van der Waals surface area contributed by atoms with Crippen LogP contribution in [0, 0.1) is 0 Å². The van der Waals surface area contributed by atoms with Crippen LogP contribution in [-0.2, 0) is 4.79 Å². The Balaban J connectivity index is 2.25. The third kappa shape index (κ3) is 5.20. The lowest BCUT2D eigenvalue weighted by Gasteiger charge is -2.06. The van der Waals surface area contributed by atoms with Crippen LogP contribution in [0.4, 0.5) is 0 Å². The molecule has 0 aliphatic heterocycles. The number of aliphatic imine (C=N–C) groups is 1. The zero-order valence-corrected chi connectivity index (χ0v) is 10.3. The van der Waals surface area contributed by atoms with Crippen molar-refractivity contribution in [1.29, 1.82) is 0 Å². The Kier molecular flexibility index (Phi) is 5.50. The minimum atomic E-state index is -0.340. The molecule has 1 amide bonds. The lowest BCUT2D eigenvalue weighted by Crippen LogP contribution is -2.24. The summed E-state index contributed by atoms with van der Waals surface area (Å²) in [6.45, 7) is 0.429. The maximum atomic E-state index is 11.1. The Morgan fingerprint density at radius 3 is 2.39 bits per heavy atom. The molecule has 18 heavy (non-hydrogen) atoms. The number of nitrogens with zero attached hydrogens (tertiary/aromatic N) is 1. The number of rotatable bonds is 6. The second-order valence-electron chi connectivity index (χ2n) is 3.56. The van der Waals surface area contributed by atoms with Crippen LogP contribution in [0.15, 0.2) is 29.3 Å². The van der Waals surface area contributed by atoms with E-state index >= 15 is 0 Å². The van der Waals surface area contributed by atoms with E-state index in [4.69, 9.17) is 20.9 Å². The first-order valence-corrected chi connectivity index (χ1v) is 5.51. The molecule has 1 aromatic rings. The van der Waals surface area contributed by atoms with Gasteiger partial charge in [0.1, 0.15) is 11.5 Å². The maximum Gasteiger partial charge on any atom is 0.248 e. The van der Waals surface area contributed by atoms with Gasteiger partial charge in [0.25, 0.3) is 0 Å². The van der Waals surface area contributed by atoms with Crippen molar-refractivity contribution in [3.05, 3.63) is 24.3 Å². The van der Waals surface area contributed by atoms with E-state index in [1.807, 2.05) is 0 Å². The molecule has 0 saturated carbocycles. The van der Waals surface area contributed by atoms with Gasteiger partial charge >= 0.3 is 0 Å². The quantitative estimate of drug-likeness (QED) is 0.439. The predicted molar refractivity (Wildman–Crippen MR) is 68.5 cm³/mol. The first kappa shape index (κ1) is 13.8. The van der Waals surface area contributed by atoms with E-state index in [1.165, 1.54) is 0 Å². The zero-order chi connectivity index (χ0) is 13.4. The third-order valence-corrected chi connectivity index (χ3v) is 2.12. The largest absolute Gasteiger partial charge is 0.497 e. The van der Waals surface area contributed by atoms with Crippen molar-refractivity contribution in [2.45, 2.75) is 12.8 Å². The summed E-state index contributed by atoms with van der Waals surface area (Å²) in [5, 5.41) is 0. The van der Waals surface area contributed by atoms with Crippen LogP contribution in [-0.4, -0.2) is 25.6 Å².